The van der Waals surface area contributed by atoms with Gasteiger partial charge in [0.2, 0.25) is 11.2 Å². The molecule has 0 atom stereocenters. The first-order valence-electron chi connectivity index (χ1n) is 13.8. The Kier molecular flexibility index (Phi) is 10.6. The van der Waals surface area contributed by atoms with E-state index >= 15 is 8.78 Å². The van der Waals surface area contributed by atoms with Crippen molar-refractivity contribution >= 4 is 46.9 Å². The van der Waals surface area contributed by atoms with Crippen LogP contribution in [0.1, 0.15) is 31.2 Å². The van der Waals surface area contributed by atoms with Crippen LogP contribution in [0.4, 0.5) is 36.8 Å². The number of carbonyl (C=O) groups is 5. The van der Waals surface area contributed by atoms with Gasteiger partial charge in [-0.1, -0.05) is 30.3 Å². The number of thiophene rings is 1. The summed E-state index contributed by atoms with van der Waals surface area (Å²) >= 11 is 0.713. The smallest absolute Gasteiger partial charge is 0.480 e. The van der Waals surface area contributed by atoms with Gasteiger partial charge in [-0.15, -0.1) is 11.3 Å². The van der Waals surface area contributed by atoms with Crippen LogP contribution >= 0.6 is 11.3 Å². The van der Waals surface area contributed by atoms with Gasteiger partial charge >= 0.3 is 24.3 Å². The van der Waals surface area contributed by atoms with Crippen LogP contribution in [0.5, 0.6) is 5.75 Å². The Bertz CT molecular complexity index is 1980. The zero-order valence-electron chi connectivity index (χ0n) is 25.4. The van der Waals surface area contributed by atoms with Crippen molar-refractivity contribution in [2.45, 2.75) is 11.6 Å². The summed E-state index contributed by atoms with van der Waals surface area (Å²) in [5.74, 6) is -12.9. The van der Waals surface area contributed by atoms with E-state index in [-0.39, 0.29) is 21.6 Å². The van der Waals surface area contributed by atoms with E-state index in [0.29, 0.717) is 29.5 Å². The van der Waals surface area contributed by atoms with Crippen LogP contribution in [-0.4, -0.2) is 65.7 Å². The maximum Gasteiger partial charge on any atom is 0.514 e. The molecule has 4 rings (SSSR count). The highest BCUT2D eigenvalue weighted by atomic mass is 32.1. The van der Waals surface area contributed by atoms with Gasteiger partial charge in [0.25, 0.3) is 11.8 Å². The van der Waals surface area contributed by atoms with Crippen LogP contribution < -0.4 is 10.1 Å². The number of nitrogens with zero attached hydrogens (tertiary/aromatic N) is 1. The number of ether oxygens (including phenoxy) is 2. The first-order valence-corrected chi connectivity index (χ1v) is 14.6. The average molecular weight is 725 g/mol. The maximum atomic E-state index is 15.8. The fourth-order valence-electron chi connectivity index (χ4n) is 4.56. The van der Waals surface area contributed by atoms with Gasteiger partial charge in [-0.05, 0) is 40.8 Å². The van der Waals surface area contributed by atoms with Gasteiger partial charge in [0.1, 0.15) is 18.0 Å². The van der Waals surface area contributed by atoms with E-state index < -0.39 is 88.1 Å². The first-order chi connectivity index (χ1) is 23.4. The van der Waals surface area contributed by atoms with Gasteiger partial charge in [-0.25, -0.2) is 18.0 Å². The third kappa shape index (κ3) is 7.24. The summed E-state index contributed by atoms with van der Waals surface area (Å²) in [6, 6.07) is 9.92. The molecule has 0 saturated carbocycles. The molecule has 3 N–H and O–H groups in total. The number of aliphatic carboxylic acids is 2. The number of alkyl halides is 3. The molecule has 3 aromatic carbocycles. The summed E-state index contributed by atoms with van der Waals surface area (Å²) < 4.78 is 93.9. The van der Waals surface area contributed by atoms with Crippen molar-refractivity contribution in [1.82, 2.24) is 4.90 Å². The Morgan fingerprint density at radius 3 is 2.10 bits per heavy atom. The lowest BCUT2D eigenvalue weighted by Gasteiger charge is -2.23. The second-order valence-corrected chi connectivity index (χ2v) is 11.4. The fraction of sp³-hybridized carbons (Fsp3) is 0.156. The zero-order valence-corrected chi connectivity index (χ0v) is 26.2. The topological polar surface area (TPSA) is 160 Å². The molecule has 1 aromatic heterocycles. The predicted molar refractivity (Wildman–Crippen MR) is 162 cm³/mol. The number of nitrogens with one attached hydrogen (secondary N) is 1. The lowest BCUT2D eigenvalue weighted by molar-refractivity contribution is -0.160. The minimum Gasteiger partial charge on any atom is -0.480 e. The van der Waals surface area contributed by atoms with E-state index in [9.17, 15) is 51.7 Å². The number of rotatable bonds is 10. The lowest BCUT2D eigenvalue weighted by Crippen LogP contribution is -2.47. The van der Waals surface area contributed by atoms with E-state index in [2.05, 4.69) is 14.8 Å². The highest BCUT2D eigenvalue weighted by Crippen LogP contribution is 2.36. The van der Waals surface area contributed by atoms with Crippen LogP contribution in [-0.2, 0) is 25.9 Å². The molecule has 1 heterocycles. The molecule has 4 aromatic rings. The van der Waals surface area contributed by atoms with Crippen molar-refractivity contribution in [3.05, 3.63) is 105 Å². The summed E-state index contributed by atoms with van der Waals surface area (Å²) in [5, 5.41) is 22.8. The van der Waals surface area contributed by atoms with E-state index in [1.807, 2.05) is 0 Å². The monoisotopic (exact) mass is 724 g/mol. The number of carboxylic acid groups (broad SMARTS) is 2. The standard InChI is InChI=1S/C32H22F6N2O9S/c1-40(2)27(42)23-21(39-26(41)17-7-4-3-6-16(17)15-9-10-18(19(33)12-15)32(36,37)38)13-20(34)25(24(23)35)49-30(47)48-14-31(28(43)44,29(45)46)22-8-5-11-50-22/h3-13H,14H2,1-2H3,(H,39,41)(H,43,44)(H,45,46). The summed E-state index contributed by atoms with van der Waals surface area (Å²) in [5.41, 5.74) is -6.79. The molecule has 0 aliphatic rings. The molecular weight excluding hydrogens is 702 g/mol. The number of carbonyl (C=O) groups excluding carboxylic acids is 3. The third-order valence-corrected chi connectivity index (χ3v) is 8.10. The van der Waals surface area contributed by atoms with Gasteiger partial charge < -0.3 is 29.9 Å². The van der Waals surface area contributed by atoms with Gasteiger partial charge in [0.15, 0.2) is 11.6 Å². The Morgan fingerprint density at radius 2 is 1.54 bits per heavy atom. The molecule has 262 valence electrons. The molecule has 50 heavy (non-hydrogen) atoms. The lowest BCUT2D eigenvalue weighted by atomic mass is 9.87. The van der Waals surface area contributed by atoms with Crippen molar-refractivity contribution in [2.75, 3.05) is 26.0 Å². The third-order valence-electron chi connectivity index (χ3n) is 7.07. The van der Waals surface area contributed by atoms with E-state index in [1.54, 1.807) is 0 Å². The van der Waals surface area contributed by atoms with Gasteiger partial charge in [0.05, 0.1) is 11.3 Å². The Balaban J connectivity index is 1.67. The molecule has 11 nitrogen and oxygen atoms in total. The molecular formula is C32H22F6N2O9S. The first kappa shape index (κ1) is 36.9. The minimum absolute atomic E-state index is 0.0944. The molecule has 0 unspecified atom stereocenters. The van der Waals surface area contributed by atoms with Crippen molar-refractivity contribution in [3.63, 3.8) is 0 Å². The Hall–Kier alpha value is -5.91. The van der Waals surface area contributed by atoms with Gasteiger partial charge in [-0.3, -0.25) is 19.2 Å². The molecule has 0 bridgehead atoms. The maximum absolute atomic E-state index is 15.8. The molecule has 2 amide bonds. The minimum atomic E-state index is -5.00. The van der Waals surface area contributed by atoms with Crippen LogP contribution in [0.15, 0.2) is 66.0 Å². The zero-order chi connectivity index (χ0) is 37.1. The van der Waals surface area contributed by atoms with Crippen molar-refractivity contribution in [1.29, 1.82) is 0 Å². The summed E-state index contributed by atoms with van der Waals surface area (Å²) in [6.45, 7) is -1.37. The number of carboxylic acids is 2. The number of hydrogen-bond donors (Lipinski definition) is 3. The van der Waals surface area contributed by atoms with Crippen LogP contribution in [0, 0.1) is 17.5 Å². The normalized spacial score (nSPS) is 11.4. The van der Waals surface area contributed by atoms with Crippen molar-refractivity contribution < 1.29 is 70.0 Å². The molecule has 18 heteroatoms. The highest BCUT2D eigenvalue weighted by Gasteiger charge is 2.51. The van der Waals surface area contributed by atoms with Crippen LogP contribution in [0.25, 0.3) is 11.1 Å². The summed E-state index contributed by atoms with van der Waals surface area (Å²) in [4.78, 5) is 63.4. The molecule has 0 radical (unpaired) electrons. The van der Waals surface area contributed by atoms with Gasteiger partial charge in [-0.2, -0.15) is 13.2 Å². The molecule has 0 saturated heterocycles. The number of anilines is 1. The Labute approximate surface area is 281 Å². The number of halogens is 6. The second-order valence-electron chi connectivity index (χ2n) is 10.4. The summed E-state index contributed by atoms with van der Waals surface area (Å²) in [7, 11) is 2.31. The quantitative estimate of drug-likeness (QED) is 0.0725. The van der Waals surface area contributed by atoms with Crippen molar-refractivity contribution in [3.8, 4) is 16.9 Å². The van der Waals surface area contributed by atoms with Gasteiger partial charge in [0, 0.05) is 30.6 Å². The SMILES string of the molecule is CN(C)C(=O)c1c(NC(=O)c2ccccc2-c2ccc(C(F)(F)F)c(F)c2)cc(F)c(OC(=O)OCC(C(=O)O)(C(=O)O)c2cccs2)c1F. The molecule has 0 aliphatic heterocycles. The van der Waals surface area contributed by atoms with E-state index in [0.717, 1.165) is 31.1 Å². The number of hydrogen-bond acceptors (Lipinski definition) is 8. The van der Waals surface area contributed by atoms with E-state index in [4.69, 9.17) is 0 Å². The largest absolute Gasteiger partial charge is 0.514 e. The van der Waals surface area contributed by atoms with E-state index in [1.165, 1.54) is 35.7 Å². The fourth-order valence-corrected chi connectivity index (χ4v) is 5.45. The second kappa shape index (κ2) is 14.3. The molecule has 0 spiro atoms. The number of benzene rings is 3. The highest BCUT2D eigenvalue weighted by molar-refractivity contribution is 7.10. The van der Waals surface area contributed by atoms with Crippen molar-refractivity contribution in [2.24, 2.45) is 0 Å². The summed E-state index contributed by atoms with van der Waals surface area (Å²) in [6.07, 6.45) is -6.95. The average Bonchev–Trinajstić information content (AvgIpc) is 3.57. The number of amides is 2. The predicted octanol–water partition coefficient (Wildman–Crippen LogP) is 6.43. The van der Waals surface area contributed by atoms with Crippen LogP contribution in [0.2, 0.25) is 0 Å². The molecule has 0 aliphatic carbocycles. The van der Waals surface area contributed by atoms with Crippen LogP contribution in [0.3, 0.4) is 0 Å². The Morgan fingerprint density at radius 1 is 0.880 bits per heavy atom. The molecule has 0 fully saturated rings.